The Balaban J connectivity index is 1.98. The van der Waals surface area contributed by atoms with Crippen molar-refractivity contribution in [1.82, 2.24) is 4.90 Å². The van der Waals surface area contributed by atoms with Gasteiger partial charge in [0.05, 0.1) is 5.57 Å². The Morgan fingerprint density at radius 1 is 1.08 bits per heavy atom. The third-order valence-electron chi connectivity index (χ3n) is 3.90. The van der Waals surface area contributed by atoms with Crippen molar-refractivity contribution >= 4 is 40.1 Å². The summed E-state index contributed by atoms with van der Waals surface area (Å²) in [5, 5.41) is 5.05. The van der Waals surface area contributed by atoms with Crippen molar-refractivity contribution in [1.29, 1.82) is 0 Å². The van der Waals surface area contributed by atoms with Crippen LogP contribution in [0.25, 0.3) is 5.57 Å². The first kappa shape index (κ1) is 16.3. The second-order valence-corrected chi connectivity index (χ2v) is 6.60. The van der Waals surface area contributed by atoms with Crippen LogP contribution in [-0.2, 0) is 9.59 Å². The van der Waals surface area contributed by atoms with Crippen LogP contribution in [0, 0.1) is 0 Å². The number of hydrogen-bond donors (Lipinski definition) is 1. The van der Waals surface area contributed by atoms with E-state index < -0.39 is 0 Å². The smallest absolute Gasteiger partial charge is 0.278 e. The highest BCUT2D eigenvalue weighted by Gasteiger charge is 2.38. The van der Waals surface area contributed by atoms with E-state index in [0.29, 0.717) is 17.8 Å². The number of carbonyl (C=O) groups is 2. The van der Waals surface area contributed by atoms with Gasteiger partial charge < -0.3 is 10.2 Å². The van der Waals surface area contributed by atoms with E-state index in [2.05, 4.69) is 5.32 Å². The van der Waals surface area contributed by atoms with Crippen LogP contribution >= 0.6 is 11.3 Å². The van der Waals surface area contributed by atoms with Gasteiger partial charge >= 0.3 is 0 Å². The van der Waals surface area contributed by atoms with Crippen molar-refractivity contribution in [3.05, 3.63) is 52.4 Å². The molecule has 0 saturated carbocycles. The Morgan fingerprint density at radius 2 is 1.79 bits per heavy atom. The molecule has 1 N–H and O–H groups in total. The molecule has 3 rings (SSSR count). The van der Waals surface area contributed by atoms with Gasteiger partial charge in [0, 0.05) is 36.9 Å². The van der Waals surface area contributed by atoms with Gasteiger partial charge in [0.15, 0.2) is 0 Å². The molecule has 24 heavy (non-hydrogen) atoms. The van der Waals surface area contributed by atoms with Crippen LogP contribution < -0.4 is 10.2 Å². The number of imide groups is 1. The molecule has 0 unspecified atom stereocenters. The van der Waals surface area contributed by atoms with Crippen LogP contribution in [0.4, 0.5) is 11.4 Å². The molecule has 2 heterocycles. The molecule has 1 aliphatic rings. The minimum absolute atomic E-state index is 0.239. The number of amides is 2. The summed E-state index contributed by atoms with van der Waals surface area (Å²) in [6.07, 6.45) is 0. The van der Waals surface area contributed by atoms with Crippen LogP contribution in [0.3, 0.4) is 0 Å². The maximum atomic E-state index is 12.6. The lowest BCUT2D eigenvalue weighted by Crippen LogP contribution is -2.32. The quantitative estimate of drug-likeness (QED) is 0.850. The largest absolute Gasteiger partial charge is 0.378 e. The van der Waals surface area contributed by atoms with E-state index in [4.69, 9.17) is 0 Å². The number of likely N-dealkylation sites (N-methyl/N-ethyl adjacent to an activating group) is 1. The minimum Gasteiger partial charge on any atom is -0.378 e. The molecule has 0 aliphatic carbocycles. The zero-order valence-electron chi connectivity index (χ0n) is 13.9. The van der Waals surface area contributed by atoms with Crippen LogP contribution in [-0.4, -0.2) is 37.4 Å². The van der Waals surface area contributed by atoms with E-state index in [-0.39, 0.29) is 11.8 Å². The SMILES string of the molecule is CCN1C(=O)C(Nc2ccc(N(C)C)cc2)=C(c2cccs2)C1=O. The average Bonchev–Trinajstić information content (AvgIpc) is 3.16. The van der Waals surface area contributed by atoms with Gasteiger partial charge in [-0.3, -0.25) is 14.5 Å². The van der Waals surface area contributed by atoms with Crippen molar-refractivity contribution in [2.45, 2.75) is 6.92 Å². The van der Waals surface area contributed by atoms with Gasteiger partial charge in [0.2, 0.25) is 0 Å². The van der Waals surface area contributed by atoms with E-state index in [1.165, 1.54) is 16.2 Å². The fourth-order valence-electron chi connectivity index (χ4n) is 2.62. The van der Waals surface area contributed by atoms with Gasteiger partial charge in [0.25, 0.3) is 11.8 Å². The Kier molecular flexibility index (Phi) is 4.40. The highest BCUT2D eigenvalue weighted by atomic mass is 32.1. The predicted molar refractivity (Wildman–Crippen MR) is 98.0 cm³/mol. The summed E-state index contributed by atoms with van der Waals surface area (Å²) >= 11 is 1.45. The van der Waals surface area contributed by atoms with Crippen molar-refractivity contribution in [2.75, 3.05) is 30.9 Å². The molecule has 2 aromatic rings. The van der Waals surface area contributed by atoms with E-state index in [1.54, 1.807) is 6.92 Å². The Hall–Kier alpha value is -2.60. The highest BCUT2D eigenvalue weighted by molar-refractivity contribution is 7.11. The lowest BCUT2D eigenvalue weighted by molar-refractivity contribution is -0.136. The first-order chi connectivity index (χ1) is 11.5. The second-order valence-electron chi connectivity index (χ2n) is 5.65. The number of rotatable bonds is 5. The van der Waals surface area contributed by atoms with E-state index in [1.807, 2.05) is 60.8 Å². The number of benzene rings is 1. The molecule has 0 spiro atoms. The van der Waals surface area contributed by atoms with Crippen LogP contribution in [0.5, 0.6) is 0 Å². The summed E-state index contributed by atoms with van der Waals surface area (Å²) in [5.74, 6) is -0.514. The Labute approximate surface area is 145 Å². The topological polar surface area (TPSA) is 52.7 Å². The monoisotopic (exact) mass is 341 g/mol. The first-order valence-electron chi connectivity index (χ1n) is 7.71. The molecule has 0 fully saturated rings. The zero-order valence-corrected chi connectivity index (χ0v) is 14.7. The summed E-state index contributed by atoms with van der Waals surface area (Å²) in [4.78, 5) is 29.3. The summed E-state index contributed by atoms with van der Waals surface area (Å²) in [5.41, 5.74) is 2.65. The predicted octanol–water partition coefficient (Wildman–Crippen LogP) is 3.03. The van der Waals surface area contributed by atoms with Crippen molar-refractivity contribution in [3.8, 4) is 0 Å². The van der Waals surface area contributed by atoms with Gasteiger partial charge in [-0.25, -0.2) is 0 Å². The Bertz CT molecular complexity index is 792. The number of hydrogen-bond acceptors (Lipinski definition) is 5. The van der Waals surface area contributed by atoms with E-state index in [0.717, 1.165) is 16.3 Å². The molecular weight excluding hydrogens is 322 g/mol. The van der Waals surface area contributed by atoms with E-state index in [9.17, 15) is 9.59 Å². The van der Waals surface area contributed by atoms with Crippen LogP contribution in [0.2, 0.25) is 0 Å². The molecule has 2 amide bonds. The van der Waals surface area contributed by atoms with Crippen molar-refractivity contribution < 1.29 is 9.59 Å². The van der Waals surface area contributed by atoms with E-state index >= 15 is 0 Å². The molecule has 0 atom stereocenters. The summed E-state index contributed by atoms with van der Waals surface area (Å²) < 4.78 is 0. The van der Waals surface area contributed by atoms with Crippen LogP contribution in [0.15, 0.2) is 47.5 Å². The Morgan fingerprint density at radius 3 is 2.33 bits per heavy atom. The fraction of sp³-hybridized carbons (Fsp3) is 0.222. The number of carbonyl (C=O) groups excluding carboxylic acids is 2. The molecular formula is C18H19N3O2S. The third-order valence-corrected chi connectivity index (χ3v) is 4.79. The molecule has 0 bridgehead atoms. The van der Waals surface area contributed by atoms with Crippen molar-refractivity contribution in [2.24, 2.45) is 0 Å². The highest BCUT2D eigenvalue weighted by Crippen LogP contribution is 2.32. The average molecular weight is 341 g/mol. The lowest BCUT2D eigenvalue weighted by atomic mass is 10.2. The minimum atomic E-state index is -0.275. The third kappa shape index (κ3) is 2.80. The molecule has 5 nitrogen and oxygen atoms in total. The van der Waals surface area contributed by atoms with Gasteiger partial charge in [-0.2, -0.15) is 0 Å². The normalized spacial score (nSPS) is 14.5. The number of anilines is 2. The zero-order chi connectivity index (χ0) is 17.3. The molecule has 1 aromatic carbocycles. The molecule has 6 heteroatoms. The number of thiophene rings is 1. The summed E-state index contributed by atoms with van der Waals surface area (Å²) in [7, 11) is 3.94. The molecule has 0 saturated heterocycles. The maximum Gasteiger partial charge on any atom is 0.278 e. The summed E-state index contributed by atoms with van der Waals surface area (Å²) in [6, 6.07) is 11.5. The second kappa shape index (κ2) is 6.49. The van der Waals surface area contributed by atoms with Gasteiger partial charge in [-0.05, 0) is 42.6 Å². The molecule has 124 valence electrons. The number of nitrogens with zero attached hydrogens (tertiary/aromatic N) is 2. The summed E-state index contributed by atoms with van der Waals surface area (Å²) in [6.45, 7) is 2.16. The molecule has 0 radical (unpaired) electrons. The first-order valence-corrected chi connectivity index (χ1v) is 8.59. The maximum absolute atomic E-state index is 12.6. The van der Waals surface area contributed by atoms with Gasteiger partial charge in [0.1, 0.15) is 5.70 Å². The van der Waals surface area contributed by atoms with Crippen molar-refractivity contribution in [3.63, 3.8) is 0 Å². The standard InChI is InChI=1S/C18H19N3O2S/c1-4-21-17(22)15(14-6-5-11-24-14)16(18(21)23)19-12-7-9-13(10-8-12)20(2)3/h5-11,19H,4H2,1-3H3. The van der Waals surface area contributed by atoms with Gasteiger partial charge in [-0.1, -0.05) is 6.07 Å². The fourth-order valence-corrected chi connectivity index (χ4v) is 3.38. The number of nitrogens with one attached hydrogen (secondary N) is 1. The molecule has 1 aromatic heterocycles. The van der Waals surface area contributed by atoms with Crippen LogP contribution in [0.1, 0.15) is 11.8 Å². The molecule has 1 aliphatic heterocycles. The van der Waals surface area contributed by atoms with Gasteiger partial charge in [-0.15, -0.1) is 11.3 Å². The lowest BCUT2D eigenvalue weighted by Gasteiger charge is -2.14.